The van der Waals surface area contributed by atoms with Gasteiger partial charge in [-0.3, -0.25) is 10.2 Å². The molecule has 6 heteroatoms. The molecule has 132 valence electrons. The van der Waals surface area contributed by atoms with Crippen molar-refractivity contribution in [3.8, 4) is 5.75 Å². The van der Waals surface area contributed by atoms with Crippen molar-refractivity contribution in [3.05, 3.63) is 48.2 Å². The first kappa shape index (κ1) is 17.2. The summed E-state index contributed by atoms with van der Waals surface area (Å²) < 4.78 is 5.10. The fourth-order valence-electron chi connectivity index (χ4n) is 3.13. The molecular weight excluding hydrogens is 316 g/mol. The summed E-state index contributed by atoms with van der Waals surface area (Å²) >= 11 is 0. The normalized spacial score (nSPS) is 17.8. The molecule has 2 heterocycles. The van der Waals surface area contributed by atoms with Crippen molar-refractivity contribution < 1.29 is 9.53 Å². The molecule has 2 amide bonds. The number of methoxy groups -OCH3 is 1. The molecule has 1 aliphatic heterocycles. The second-order valence-electron chi connectivity index (χ2n) is 6.28. The molecule has 1 saturated heterocycles. The van der Waals surface area contributed by atoms with Crippen LogP contribution >= 0.6 is 0 Å². The number of piperidine rings is 1. The van der Waals surface area contributed by atoms with E-state index in [-0.39, 0.29) is 6.03 Å². The van der Waals surface area contributed by atoms with E-state index in [4.69, 9.17) is 4.74 Å². The number of amides is 2. The van der Waals surface area contributed by atoms with Gasteiger partial charge in [-0.15, -0.1) is 0 Å². The minimum atomic E-state index is -0.319. The number of hydrogen-bond acceptors (Lipinski definition) is 4. The van der Waals surface area contributed by atoms with Crippen LogP contribution in [0.5, 0.6) is 5.75 Å². The number of likely N-dealkylation sites (tertiary alicyclic amines) is 1. The van der Waals surface area contributed by atoms with Gasteiger partial charge in [-0.25, -0.2) is 9.78 Å². The molecule has 1 aliphatic rings. The Bertz CT molecular complexity index is 700. The number of anilines is 2. The van der Waals surface area contributed by atoms with E-state index in [2.05, 4.69) is 27.6 Å². The number of ether oxygens (including phenoxy) is 1. The molecule has 1 aromatic heterocycles. The molecule has 1 unspecified atom stereocenters. The van der Waals surface area contributed by atoms with Crippen LogP contribution in [0.3, 0.4) is 0 Å². The fourth-order valence-corrected chi connectivity index (χ4v) is 3.13. The number of carbonyl (C=O) groups is 1. The van der Waals surface area contributed by atoms with E-state index in [1.165, 1.54) is 18.4 Å². The summed E-state index contributed by atoms with van der Waals surface area (Å²) in [6.07, 6.45) is 5.52. The summed E-state index contributed by atoms with van der Waals surface area (Å²) in [6.45, 7) is 1.12. The van der Waals surface area contributed by atoms with E-state index >= 15 is 0 Å². The molecule has 1 fully saturated rings. The van der Waals surface area contributed by atoms with Crippen molar-refractivity contribution in [3.63, 3.8) is 0 Å². The monoisotopic (exact) mass is 340 g/mol. The Kier molecular flexibility index (Phi) is 5.50. The number of nitrogens with zero attached hydrogens (tertiary/aromatic N) is 2. The van der Waals surface area contributed by atoms with Crippen LogP contribution in [0, 0.1) is 0 Å². The lowest BCUT2D eigenvalue weighted by Crippen LogP contribution is -2.29. The summed E-state index contributed by atoms with van der Waals surface area (Å²) in [5.41, 5.74) is 1.89. The molecule has 0 bridgehead atoms. The second-order valence-corrected chi connectivity index (χ2v) is 6.28. The number of hydrogen-bond donors (Lipinski definition) is 2. The minimum Gasteiger partial charge on any atom is -0.497 e. The maximum atomic E-state index is 12.1. The van der Waals surface area contributed by atoms with Gasteiger partial charge in [0.2, 0.25) is 0 Å². The van der Waals surface area contributed by atoms with Gasteiger partial charge >= 0.3 is 6.03 Å². The number of aromatic nitrogens is 1. The van der Waals surface area contributed by atoms with Gasteiger partial charge in [0.1, 0.15) is 11.6 Å². The highest BCUT2D eigenvalue weighted by Gasteiger charge is 2.20. The van der Waals surface area contributed by atoms with E-state index in [1.807, 2.05) is 18.3 Å². The average molecular weight is 340 g/mol. The van der Waals surface area contributed by atoms with Crippen LogP contribution in [-0.2, 0) is 0 Å². The third-order valence-electron chi connectivity index (χ3n) is 4.53. The number of nitrogens with one attached hydrogen (secondary N) is 2. The molecule has 3 rings (SSSR count). The molecule has 2 N–H and O–H groups in total. The standard InChI is InChI=1S/C19H24N4O2/c1-23-12-4-3-5-17(23)14-6-11-18(20-13-14)22-19(24)21-15-7-9-16(25-2)10-8-15/h6-11,13,17H,3-5,12H2,1-2H3,(H2,20,21,22,24). The van der Waals surface area contributed by atoms with Crippen molar-refractivity contribution in [1.29, 1.82) is 0 Å². The molecule has 0 saturated carbocycles. The maximum Gasteiger partial charge on any atom is 0.324 e. The maximum absolute atomic E-state index is 12.1. The van der Waals surface area contributed by atoms with Crippen LogP contribution in [0.15, 0.2) is 42.6 Å². The van der Waals surface area contributed by atoms with Crippen LogP contribution in [0.4, 0.5) is 16.3 Å². The van der Waals surface area contributed by atoms with Crippen molar-refractivity contribution in [2.75, 3.05) is 31.3 Å². The fraction of sp³-hybridized carbons (Fsp3) is 0.368. The first-order chi connectivity index (χ1) is 12.2. The predicted molar refractivity (Wildman–Crippen MR) is 99.1 cm³/mol. The lowest BCUT2D eigenvalue weighted by molar-refractivity contribution is 0.187. The highest BCUT2D eigenvalue weighted by molar-refractivity contribution is 5.99. The van der Waals surface area contributed by atoms with Crippen molar-refractivity contribution in [1.82, 2.24) is 9.88 Å². The summed E-state index contributed by atoms with van der Waals surface area (Å²) in [4.78, 5) is 18.8. The average Bonchev–Trinajstić information content (AvgIpc) is 2.63. The van der Waals surface area contributed by atoms with Crippen LogP contribution in [0.25, 0.3) is 0 Å². The Labute approximate surface area is 148 Å². The van der Waals surface area contributed by atoms with Crippen LogP contribution in [0.1, 0.15) is 30.9 Å². The first-order valence-corrected chi connectivity index (χ1v) is 8.54. The van der Waals surface area contributed by atoms with E-state index in [0.29, 0.717) is 17.5 Å². The van der Waals surface area contributed by atoms with E-state index in [1.54, 1.807) is 31.4 Å². The number of urea groups is 1. The molecule has 2 aromatic rings. The highest BCUT2D eigenvalue weighted by Crippen LogP contribution is 2.29. The summed E-state index contributed by atoms with van der Waals surface area (Å²) in [6, 6.07) is 11.2. The lowest BCUT2D eigenvalue weighted by Gasteiger charge is -2.32. The zero-order valence-corrected chi connectivity index (χ0v) is 14.7. The quantitative estimate of drug-likeness (QED) is 0.886. The summed E-state index contributed by atoms with van der Waals surface area (Å²) in [5, 5.41) is 5.53. The first-order valence-electron chi connectivity index (χ1n) is 8.54. The second kappa shape index (κ2) is 7.98. The van der Waals surface area contributed by atoms with Crippen molar-refractivity contribution >= 4 is 17.5 Å². The molecule has 0 aliphatic carbocycles. The molecule has 1 aromatic carbocycles. The Morgan fingerprint density at radius 1 is 1.16 bits per heavy atom. The van der Waals surface area contributed by atoms with E-state index in [0.717, 1.165) is 18.7 Å². The molecule has 0 spiro atoms. The Morgan fingerprint density at radius 3 is 2.60 bits per heavy atom. The number of rotatable bonds is 4. The van der Waals surface area contributed by atoms with Crippen molar-refractivity contribution in [2.45, 2.75) is 25.3 Å². The van der Waals surface area contributed by atoms with Gasteiger partial charge in [0.05, 0.1) is 7.11 Å². The summed E-state index contributed by atoms with van der Waals surface area (Å²) in [7, 11) is 3.76. The van der Waals surface area contributed by atoms with Crippen molar-refractivity contribution in [2.24, 2.45) is 0 Å². The van der Waals surface area contributed by atoms with Gasteiger partial charge in [-0.2, -0.15) is 0 Å². The van der Waals surface area contributed by atoms with Gasteiger partial charge in [0.25, 0.3) is 0 Å². The van der Waals surface area contributed by atoms with E-state index < -0.39 is 0 Å². The Hall–Kier alpha value is -2.60. The molecular formula is C19H24N4O2. The zero-order valence-electron chi connectivity index (χ0n) is 14.7. The number of pyridine rings is 1. The zero-order chi connectivity index (χ0) is 17.6. The van der Waals surface area contributed by atoms with Crippen LogP contribution in [-0.4, -0.2) is 36.6 Å². The van der Waals surface area contributed by atoms with E-state index in [9.17, 15) is 4.79 Å². The Balaban J connectivity index is 1.57. The van der Waals surface area contributed by atoms with Gasteiger partial charge in [-0.1, -0.05) is 12.5 Å². The minimum absolute atomic E-state index is 0.319. The molecule has 0 radical (unpaired) electrons. The Morgan fingerprint density at radius 2 is 1.96 bits per heavy atom. The van der Waals surface area contributed by atoms with Crippen LogP contribution in [0.2, 0.25) is 0 Å². The van der Waals surface area contributed by atoms with Gasteiger partial charge in [0.15, 0.2) is 0 Å². The largest absolute Gasteiger partial charge is 0.497 e. The molecule has 1 atom stereocenters. The lowest BCUT2D eigenvalue weighted by atomic mass is 9.97. The molecule has 25 heavy (non-hydrogen) atoms. The van der Waals surface area contributed by atoms with Gasteiger partial charge < -0.3 is 10.1 Å². The number of benzene rings is 1. The topological polar surface area (TPSA) is 66.5 Å². The van der Waals surface area contributed by atoms with Crippen LogP contribution < -0.4 is 15.4 Å². The predicted octanol–water partition coefficient (Wildman–Crippen LogP) is 3.89. The highest BCUT2D eigenvalue weighted by atomic mass is 16.5. The third kappa shape index (κ3) is 4.48. The SMILES string of the molecule is COc1ccc(NC(=O)Nc2ccc(C3CCCCN3C)cn2)cc1. The smallest absolute Gasteiger partial charge is 0.324 e. The third-order valence-corrected chi connectivity index (χ3v) is 4.53. The van der Waals surface area contributed by atoms with Gasteiger partial charge in [0, 0.05) is 17.9 Å². The summed E-state index contributed by atoms with van der Waals surface area (Å²) in [5.74, 6) is 1.28. The molecule has 6 nitrogen and oxygen atoms in total. The van der Waals surface area contributed by atoms with Gasteiger partial charge in [-0.05, 0) is 62.3 Å². The number of carbonyl (C=O) groups excluding carboxylic acids is 1.